The number of nitrogens with zero attached hydrogens (tertiary/aromatic N) is 1. The summed E-state index contributed by atoms with van der Waals surface area (Å²) in [5, 5.41) is 6.51. The molecule has 45 heavy (non-hydrogen) atoms. The van der Waals surface area contributed by atoms with Crippen LogP contribution in [0.3, 0.4) is 0 Å². The molecule has 8 aromatic rings. The van der Waals surface area contributed by atoms with Crippen LogP contribution in [0.15, 0.2) is 146 Å². The molecule has 0 N–H and O–H groups in total. The van der Waals surface area contributed by atoms with Crippen LogP contribution in [0.5, 0.6) is 0 Å². The van der Waals surface area contributed by atoms with Crippen molar-refractivity contribution in [3.8, 4) is 44.5 Å². The summed E-state index contributed by atoms with van der Waals surface area (Å²) in [5.41, 5.74) is 9.92. The molecule has 1 nitrogen and oxygen atoms in total. The maximum Gasteiger partial charge on any atom is 0.124 e. The first-order chi connectivity index (χ1) is 21.9. The van der Waals surface area contributed by atoms with E-state index in [9.17, 15) is 0 Å². The van der Waals surface area contributed by atoms with Crippen molar-refractivity contribution in [1.82, 2.24) is 4.98 Å². The van der Waals surface area contributed by atoms with E-state index < -0.39 is 8.07 Å². The van der Waals surface area contributed by atoms with Crippen LogP contribution < -0.4 is 5.19 Å². The summed E-state index contributed by atoms with van der Waals surface area (Å²) in [6, 6.07) is 51.6. The fourth-order valence-electron chi connectivity index (χ4n) is 6.27. The van der Waals surface area contributed by atoms with Crippen LogP contribution in [0.4, 0.5) is 0 Å². The topological polar surface area (TPSA) is 12.9 Å². The molecule has 0 aliphatic rings. The highest BCUT2D eigenvalue weighted by Gasteiger charge is 2.16. The Kier molecular flexibility index (Phi) is 6.74. The minimum Gasteiger partial charge on any atom is -0.245 e. The molecule has 216 valence electrons. The van der Waals surface area contributed by atoms with Gasteiger partial charge >= 0.3 is 0 Å². The monoisotopic (exact) mass is 611 g/mol. The van der Waals surface area contributed by atoms with Crippen molar-refractivity contribution in [2.75, 3.05) is 0 Å². The Hall–Kier alpha value is -4.83. The molecule has 0 aliphatic carbocycles. The summed E-state index contributed by atoms with van der Waals surface area (Å²) in [7, 11) is -1.29. The van der Waals surface area contributed by atoms with E-state index in [2.05, 4.69) is 158 Å². The normalized spacial score (nSPS) is 11.9. The summed E-state index contributed by atoms with van der Waals surface area (Å²) >= 11 is 1.76. The molecule has 0 saturated carbocycles. The highest BCUT2D eigenvalue weighted by atomic mass is 32.1. The molecule has 6 aromatic carbocycles. The maximum atomic E-state index is 4.55. The third kappa shape index (κ3) is 5.29. The van der Waals surface area contributed by atoms with Gasteiger partial charge in [0.2, 0.25) is 0 Å². The van der Waals surface area contributed by atoms with Crippen molar-refractivity contribution >= 4 is 55.7 Å². The summed E-state index contributed by atoms with van der Waals surface area (Å²) in [6.45, 7) is 7.19. The predicted molar refractivity (Wildman–Crippen MR) is 199 cm³/mol. The van der Waals surface area contributed by atoms with Gasteiger partial charge < -0.3 is 0 Å². The smallest absolute Gasteiger partial charge is 0.124 e. The first kappa shape index (κ1) is 27.7. The zero-order chi connectivity index (χ0) is 30.5. The number of aromatic nitrogens is 1. The third-order valence-corrected chi connectivity index (χ3v) is 12.1. The van der Waals surface area contributed by atoms with Crippen LogP contribution in [0.1, 0.15) is 0 Å². The van der Waals surface area contributed by atoms with Gasteiger partial charge in [0.05, 0.1) is 8.07 Å². The zero-order valence-corrected chi connectivity index (χ0v) is 27.5. The van der Waals surface area contributed by atoms with Gasteiger partial charge in [0.15, 0.2) is 0 Å². The Bertz CT molecular complexity index is 2320. The number of hydrogen-bond donors (Lipinski definition) is 0. The van der Waals surface area contributed by atoms with Gasteiger partial charge in [0.1, 0.15) is 4.83 Å². The van der Waals surface area contributed by atoms with E-state index >= 15 is 0 Å². The number of hydrogen-bond acceptors (Lipinski definition) is 2. The Balaban J connectivity index is 1.06. The van der Waals surface area contributed by atoms with Gasteiger partial charge in [-0.1, -0.05) is 128 Å². The van der Waals surface area contributed by atoms with Crippen LogP contribution in [0.25, 0.3) is 75.6 Å². The molecule has 0 fully saturated rings. The summed E-state index contributed by atoms with van der Waals surface area (Å²) < 4.78 is 1.28. The van der Waals surface area contributed by atoms with Gasteiger partial charge in [-0.25, -0.2) is 4.98 Å². The fraction of sp³-hybridized carbons (Fsp3) is 0.0714. The van der Waals surface area contributed by atoms with Gasteiger partial charge in [-0.05, 0) is 91.7 Å². The van der Waals surface area contributed by atoms with Crippen molar-refractivity contribution < 1.29 is 0 Å². The predicted octanol–water partition coefficient (Wildman–Crippen LogP) is 11.8. The van der Waals surface area contributed by atoms with E-state index in [4.69, 9.17) is 0 Å². The molecule has 3 heteroatoms. The van der Waals surface area contributed by atoms with Gasteiger partial charge in [-0.3, -0.25) is 0 Å². The van der Waals surface area contributed by atoms with Crippen molar-refractivity contribution in [2.45, 2.75) is 19.6 Å². The molecule has 0 saturated heterocycles. The van der Waals surface area contributed by atoms with Gasteiger partial charge in [0, 0.05) is 21.7 Å². The van der Waals surface area contributed by atoms with Crippen LogP contribution in [-0.4, -0.2) is 13.1 Å². The molecule has 0 aliphatic heterocycles. The average Bonchev–Trinajstić information content (AvgIpc) is 3.46. The van der Waals surface area contributed by atoms with Crippen molar-refractivity contribution in [1.29, 1.82) is 0 Å². The van der Waals surface area contributed by atoms with Crippen LogP contribution in [0, 0.1) is 0 Å². The lowest BCUT2D eigenvalue weighted by Gasteiger charge is -2.16. The Morgan fingerprint density at radius 2 is 0.911 bits per heavy atom. The second kappa shape index (κ2) is 11.0. The highest BCUT2D eigenvalue weighted by Crippen LogP contribution is 2.36. The zero-order valence-electron chi connectivity index (χ0n) is 25.7. The second-order valence-electron chi connectivity index (χ2n) is 12.9. The number of rotatable bonds is 5. The lowest BCUT2D eigenvalue weighted by Crippen LogP contribution is -2.37. The molecular weight excluding hydrogens is 579 g/mol. The van der Waals surface area contributed by atoms with E-state index in [1.54, 1.807) is 11.3 Å². The highest BCUT2D eigenvalue weighted by molar-refractivity contribution is 7.25. The Morgan fingerprint density at radius 1 is 0.444 bits per heavy atom. The van der Waals surface area contributed by atoms with Gasteiger partial charge in [0.25, 0.3) is 0 Å². The van der Waals surface area contributed by atoms with E-state index in [1.807, 2.05) is 12.3 Å². The molecule has 2 heterocycles. The Morgan fingerprint density at radius 3 is 1.47 bits per heavy atom. The quantitative estimate of drug-likeness (QED) is 0.176. The fourth-order valence-corrected chi connectivity index (χ4v) is 8.46. The van der Waals surface area contributed by atoms with E-state index in [1.165, 1.54) is 75.9 Å². The lowest BCUT2D eigenvalue weighted by molar-refractivity contribution is 1.45. The summed E-state index contributed by atoms with van der Waals surface area (Å²) in [4.78, 5) is 5.65. The first-order valence-electron chi connectivity index (χ1n) is 15.5. The lowest BCUT2D eigenvalue weighted by atomic mass is 9.95. The number of pyridine rings is 1. The van der Waals surface area contributed by atoms with Crippen molar-refractivity contribution in [2.24, 2.45) is 0 Å². The molecule has 0 unspecified atom stereocenters. The molecule has 0 atom stereocenters. The largest absolute Gasteiger partial charge is 0.245 e. The molecule has 0 bridgehead atoms. The maximum absolute atomic E-state index is 4.55. The number of benzene rings is 6. The molecule has 0 radical (unpaired) electrons. The van der Waals surface area contributed by atoms with Crippen molar-refractivity contribution in [3.05, 3.63) is 146 Å². The molecular formula is C42H33NSSi. The molecule has 8 rings (SSSR count). The Labute approximate surface area is 269 Å². The molecule has 0 spiro atoms. The summed E-state index contributed by atoms with van der Waals surface area (Å²) in [5.74, 6) is 0. The van der Waals surface area contributed by atoms with E-state index in [0.29, 0.717) is 0 Å². The average molecular weight is 612 g/mol. The second-order valence-corrected chi connectivity index (χ2v) is 19.0. The molecule has 0 amide bonds. The minimum atomic E-state index is -1.29. The van der Waals surface area contributed by atoms with Gasteiger partial charge in [-0.15, -0.1) is 11.3 Å². The number of thiophene rings is 1. The van der Waals surface area contributed by atoms with E-state index in [0.717, 1.165) is 4.83 Å². The third-order valence-electron chi connectivity index (χ3n) is 8.94. The molecule has 2 aromatic heterocycles. The van der Waals surface area contributed by atoms with Crippen LogP contribution >= 0.6 is 11.3 Å². The number of fused-ring (bicyclic) bond motifs is 4. The van der Waals surface area contributed by atoms with Gasteiger partial charge in [-0.2, -0.15) is 0 Å². The summed E-state index contributed by atoms with van der Waals surface area (Å²) in [6.07, 6.45) is 1.87. The first-order valence-corrected chi connectivity index (χ1v) is 19.8. The van der Waals surface area contributed by atoms with Crippen molar-refractivity contribution in [3.63, 3.8) is 0 Å². The van der Waals surface area contributed by atoms with Crippen LogP contribution in [-0.2, 0) is 0 Å². The minimum absolute atomic E-state index is 1.10. The SMILES string of the molecule is C[Si](C)(C)c1ccc(-c2ccc(-c3ccc4ccc(-c5ccc(-c6ccc7sc8ncccc8c7c6)cc5)cc4c3)cc2)cc1. The van der Waals surface area contributed by atoms with E-state index in [-0.39, 0.29) is 0 Å². The van der Waals surface area contributed by atoms with Crippen LogP contribution in [0.2, 0.25) is 19.6 Å². The standard InChI is InChI=1S/C42H33NSSi/c1-45(2,3)38-21-18-29(19-22-38)28-6-8-30(9-7-28)34-16-14-33-15-17-35(26-37(33)25-34)31-10-12-32(13-11-31)36-20-23-41-40(27-36)39-5-4-24-43-42(39)44-41/h4-27H,1-3H3.